The highest BCUT2D eigenvalue weighted by Crippen LogP contribution is 2.20. The van der Waals surface area contributed by atoms with Crippen LogP contribution in [0, 0.1) is 6.92 Å². The monoisotopic (exact) mass is 363 g/mol. The number of halogens is 1. The van der Waals surface area contributed by atoms with E-state index in [0.717, 1.165) is 18.7 Å². The van der Waals surface area contributed by atoms with E-state index in [2.05, 4.69) is 10.6 Å². The second-order valence-corrected chi connectivity index (χ2v) is 6.01. The molecule has 2 aromatic rings. The number of hydrogen-bond donors (Lipinski definition) is 2. The summed E-state index contributed by atoms with van der Waals surface area (Å²) in [5.74, 6) is -0.109. The fourth-order valence-electron chi connectivity index (χ4n) is 2.79. The van der Waals surface area contributed by atoms with Gasteiger partial charge in [0, 0.05) is 36.9 Å². The first-order chi connectivity index (χ1) is 11.6. The lowest BCUT2D eigenvalue weighted by molar-refractivity contribution is 0.0655. The molecular weight excluding hydrogens is 342 g/mol. The zero-order valence-electron chi connectivity index (χ0n) is 14.2. The minimum atomic E-state index is -0.330. The standard InChI is InChI=1S/C18H21N3O3.ClH/c1-12-5-6-14(18(23)21-8-7-19-11-13(21)2)10-15(12)20-17(22)16-4-3-9-24-16;/h3-6,9-10,13,19H,7-8,11H2,1-2H3,(H,20,22);1H/t13-;/m1./s1. The van der Waals surface area contributed by atoms with Crippen LogP contribution in [0.15, 0.2) is 41.0 Å². The van der Waals surface area contributed by atoms with Gasteiger partial charge in [0.1, 0.15) is 0 Å². The zero-order chi connectivity index (χ0) is 17.1. The molecule has 7 heteroatoms. The number of benzene rings is 1. The first kappa shape index (κ1) is 19.0. The maximum atomic E-state index is 12.8. The second kappa shape index (κ2) is 8.18. The Hall–Kier alpha value is -2.31. The van der Waals surface area contributed by atoms with Crippen molar-refractivity contribution in [2.75, 3.05) is 25.0 Å². The fraction of sp³-hybridized carbons (Fsp3) is 0.333. The third kappa shape index (κ3) is 4.21. The van der Waals surface area contributed by atoms with Gasteiger partial charge in [0.05, 0.1) is 6.26 Å². The van der Waals surface area contributed by atoms with Gasteiger partial charge in [-0.15, -0.1) is 12.4 Å². The maximum absolute atomic E-state index is 12.8. The van der Waals surface area contributed by atoms with Crippen LogP contribution in [-0.4, -0.2) is 42.4 Å². The van der Waals surface area contributed by atoms with E-state index in [4.69, 9.17) is 4.42 Å². The van der Waals surface area contributed by atoms with E-state index in [0.29, 0.717) is 17.8 Å². The first-order valence-electron chi connectivity index (χ1n) is 8.03. The van der Waals surface area contributed by atoms with E-state index in [9.17, 15) is 9.59 Å². The number of carbonyl (C=O) groups excluding carboxylic acids is 2. The molecule has 1 atom stereocenters. The van der Waals surface area contributed by atoms with Gasteiger partial charge >= 0.3 is 0 Å². The van der Waals surface area contributed by atoms with Gasteiger partial charge in [0.2, 0.25) is 0 Å². The smallest absolute Gasteiger partial charge is 0.291 e. The van der Waals surface area contributed by atoms with Crippen LogP contribution in [0.1, 0.15) is 33.4 Å². The number of amides is 2. The molecule has 2 N–H and O–H groups in total. The SMILES string of the molecule is Cc1ccc(C(=O)N2CCNC[C@H]2C)cc1NC(=O)c1ccco1.Cl. The van der Waals surface area contributed by atoms with Crippen molar-refractivity contribution in [3.63, 3.8) is 0 Å². The van der Waals surface area contributed by atoms with Crippen LogP contribution in [-0.2, 0) is 0 Å². The predicted molar refractivity (Wildman–Crippen MR) is 98.5 cm³/mol. The molecule has 1 aliphatic heterocycles. The molecule has 1 aromatic heterocycles. The Labute approximate surface area is 153 Å². The highest BCUT2D eigenvalue weighted by Gasteiger charge is 2.24. The number of hydrogen-bond acceptors (Lipinski definition) is 4. The number of furan rings is 1. The fourth-order valence-corrected chi connectivity index (χ4v) is 2.79. The van der Waals surface area contributed by atoms with Crippen molar-refractivity contribution in [3.8, 4) is 0 Å². The summed E-state index contributed by atoms with van der Waals surface area (Å²) in [6, 6.07) is 8.78. The van der Waals surface area contributed by atoms with E-state index in [1.165, 1.54) is 6.26 Å². The topological polar surface area (TPSA) is 74.6 Å². The van der Waals surface area contributed by atoms with Crippen molar-refractivity contribution in [2.45, 2.75) is 19.9 Å². The minimum absolute atomic E-state index is 0. The molecule has 0 bridgehead atoms. The molecule has 0 aliphatic carbocycles. The summed E-state index contributed by atoms with van der Waals surface area (Å²) in [4.78, 5) is 26.8. The Kier molecular flexibility index (Phi) is 6.22. The molecule has 1 aromatic carbocycles. The molecule has 0 unspecified atom stereocenters. The molecule has 0 saturated carbocycles. The van der Waals surface area contributed by atoms with Crippen molar-refractivity contribution < 1.29 is 14.0 Å². The first-order valence-corrected chi connectivity index (χ1v) is 8.03. The minimum Gasteiger partial charge on any atom is -0.459 e. The highest BCUT2D eigenvalue weighted by molar-refractivity contribution is 6.04. The summed E-state index contributed by atoms with van der Waals surface area (Å²) in [5, 5.41) is 6.08. The van der Waals surface area contributed by atoms with Crippen LogP contribution in [0.3, 0.4) is 0 Å². The molecule has 2 heterocycles. The quantitative estimate of drug-likeness (QED) is 0.879. The Bertz CT molecular complexity index is 746. The zero-order valence-corrected chi connectivity index (χ0v) is 15.1. The van der Waals surface area contributed by atoms with E-state index >= 15 is 0 Å². The highest BCUT2D eigenvalue weighted by atomic mass is 35.5. The van der Waals surface area contributed by atoms with Gasteiger partial charge < -0.3 is 20.0 Å². The number of carbonyl (C=O) groups is 2. The molecule has 1 fully saturated rings. The third-order valence-electron chi connectivity index (χ3n) is 4.24. The molecule has 1 saturated heterocycles. The molecule has 6 nitrogen and oxygen atoms in total. The predicted octanol–water partition coefficient (Wildman–Crippen LogP) is 2.70. The van der Waals surface area contributed by atoms with E-state index in [1.54, 1.807) is 24.3 Å². The molecule has 1 aliphatic rings. The van der Waals surface area contributed by atoms with Crippen molar-refractivity contribution in [3.05, 3.63) is 53.5 Å². The van der Waals surface area contributed by atoms with Crippen molar-refractivity contribution >= 4 is 29.9 Å². The second-order valence-electron chi connectivity index (χ2n) is 6.01. The normalized spacial score (nSPS) is 16.9. The average Bonchev–Trinajstić information content (AvgIpc) is 3.11. The molecule has 0 radical (unpaired) electrons. The Balaban J connectivity index is 0.00000225. The molecular formula is C18H22ClN3O3. The van der Waals surface area contributed by atoms with Crippen LogP contribution in [0.5, 0.6) is 0 Å². The average molecular weight is 364 g/mol. The van der Waals surface area contributed by atoms with E-state index in [-0.39, 0.29) is 36.0 Å². The van der Waals surface area contributed by atoms with Gasteiger partial charge in [0.25, 0.3) is 11.8 Å². The number of nitrogens with one attached hydrogen (secondary N) is 2. The van der Waals surface area contributed by atoms with E-state index < -0.39 is 0 Å². The Morgan fingerprint density at radius 3 is 2.80 bits per heavy atom. The van der Waals surface area contributed by atoms with Crippen LogP contribution >= 0.6 is 12.4 Å². The number of piperazine rings is 1. The summed E-state index contributed by atoms with van der Waals surface area (Å²) >= 11 is 0. The van der Waals surface area contributed by atoms with Crippen molar-refractivity contribution in [1.82, 2.24) is 10.2 Å². The molecule has 2 amide bonds. The molecule has 134 valence electrons. The third-order valence-corrected chi connectivity index (χ3v) is 4.24. The molecule has 0 spiro atoms. The Morgan fingerprint density at radius 1 is 1.32 bits per heavy atom. The lowest BCUT2D eigenvalue weighted by Crippen LogP contribution is -2.52. The number of nitrogens with zero attached hydrogens (tertiary/aromatic N) is 1. The summed E-state index contributed by atoms with van der Waals surface area (Å²) in [5.41, 5.74) is 2.08. The number of rotatable bonds is 3. The van der Waals surface area contributed by atoms with Crippen LogP contribution in [0.4, 0.5) is 5.69 Å². The molecule has 25 heavy (non-hydrogen) atoms. The maximum Gasteiger partial charge on any atom is 0.291 e. The van der Waals surface area contributed by atoms with Gasteiger partial charge in [-0.2, -0.15) is 0 Å². The summed E-state index contributed by atoms with van der Waals surface area (Å²) < 4.78 is 5.10. The largest absolute Gasteiger partial charge is 0.459 e. The van der Waals surface area contributed by atoms with Crippen molar-refractivity contribution in [2.24, 2.45) is 0 Å². The molecule has 3 rings (SSSR count). The van der Waals surface area contributed by atoms with Crippen molar-refractivity contribution in [1.29, 1.82) is 0 Å². The van der Waals surface area contributed by atoms with Gasteiger partial charge in [-0.1, -0.05) is 6.07 Å². The van der Waals surface area contributed by atoms with Gasteiger partial charge in [-0.3, -0.25) is 9.59 Å². The lowest BCUT2D eigenvalue weighted by Gasteiger charge is -2.34. The summed E-state index contributed by atoms with van der Waals surface area (Å²) in [6.45, 7) is 6.18. The summed E-state index contributed by atoms with van der Waals surface area (Å²) in [7, 11) is 0. The van der Waals surface area contributed by atoms with Gasteiger partial charge in [0.15, 0.2) is 5.76 Å². The van der Waals surface area contributed by atoms with Crippen LogP contribution in [0.25, 0.3) is 0 Å². The number of aryl methyl sites for hydroxylation is 1. The van der Waals surface area contributed by atoms with Crippen LogP contribution in [0.2, 0.25) is 0 Å². The lowest BCUT2D eigenvalue weighted by atomic mass is 10.1. The van der Waals surface area contributed by atoms with Gasteiger partial charge in [-0.25, -0.2) is 0 Å². The van der Waals surface area contributed by atoms with Gasteiger partial charge in [-0.05, 0) is 43.7 Å². The number of anilines is 1. The Morgan fingerprint density at radius 2 is 2.12 bits per heavy atom. The van der Waals surface area contributed by atoms with E-state index in [1.807, 2.05) is 24.8 Å². The summed E-state index contributed by atoms with van der Waals surface area (Å²) in [6.07, 6.45) is 1.45. The van der Waals surface area contributed by atoms with Crippen LogP contribution < -0.4 is 10.6 Å².